The number of fused-ring (bicyclic) bond motifs is 1. The third kappa shape index (κ3) is 2.67. The van der Waals surface area contributed by atoms with Gasteiger partial charge in [0.1, 0.15) is 5.82 Å². The van der Waals surface area contributed by atoms with Crippen molar-refractivity contribution in [3.05, 3.63) is 53.8 Å². The fourth-order valence-corrected chi connectivity index (χ4v) is 2.41. The van der Waals surface area contributed by atoms with Crippen LogP contribution < -0.4 is 15.5 Å². The molecule has 108 valence electrons. The van der Waals surface area contributed by atoms with Crippen molar-refractivity contribution < 1.29 is 9.18 Å². The number of rotatable bonds is 1. The van der Waals surface area contributed by atoms with E-state index in [1.165, 1.54) is 6.07 Å². The fourth-order valence-electron chi connectivity index (χ4n) is 2.41. The maximum atomic E-state index is 13.3. The van der Waals surface area contributed by atoms with Crippen LogP contribution in [0.4, 0.5) is 26.2 Å². The lowest BCUT2D eigenvalue weighted by Crippen LogP contribution is -2.41. The van der Waals surface area contributed by atoms with Crippen LogP contribution in [0.25, 0.3) is 0 Å². The summed E-state index contributed by atoms with van der Waals surface area (Å²) in [6, 6.07) is 12.0. The van der Waals surface area contributed by atoms with Crippen LogP contribution in [0.5, 0.6) is 0 Å². The van der Waals surface area contributed by atoms with Gasteiger partial charge < -0.3 is 10.6 Å². The third-order valence-corrected chi connectivity index (χ3v) is 3.50. The Morgan fingerprint density at radius 1 is 1.29 bits per heavy atom. The van der Waals surface area contributed by atoms with Crippen LogP contribution >= 0.6 is 0 Å². The number of anilines is 3. The Bertz CT molecular complexity index is 687. The average Bonchev–Trinajstić information content (AvgIpc) is 2.50. The molecule has 0 spiro atoms. The molecular weight excluding hydrogens is 269 g/mol. The summed E-state index contributed by atoms with van der Waals surface area (Å²) >= 11 is 0. The highest BCUT2D eigenvalue weighted by Gasteiger charge is 2.21. The number of aryl methyl sites for hydroxylation is 1. The van der Waals surface area contributed by atoms with Gasteiger partial charge >= 0.3 is 6.03 Å². The van der Waals surface area contributed by atoms with Gasteiger partial charge in [-0.05, 0) is 42.8 Å². The van der Waals surface area contributed by atoms with Gasteiger partial charge in [-0.1, -0.05) is 12.1 Å². The Morgan fingerprint density at radius 3 is 2.90 bits per heavy atom. The molecule has 21 heavy (non-hydrogen) atoms. The summed E-state index contributed by atoms with van der Waals surface area (Å²) in [7, 11) is 0. The summed E-state index contributed by atoms with van der Waals surface area (Å²) in [6.07, 6.45) is 0. The average molecular weight is 285 g/mol. The van der Waals surface area contributed by atoms with Crippen LogP contribution in [0.3, 0.4) is 0 Å². The van der Waals surface area contributed by atoms with E-state index in [1.807, 2.05) is 24.3 Å². The highest BCUT2D eigenvalue weighted by Crippen LogP contribution is 2.28. The number of para-hydroxylation sites is 2. The number of carbonyl (C=O) groups is 1. The van der Waals surface area contributed by atoms with E-state index < -0.39 is 0 Å². The molecule has 2 N–H and O–H groups in total. The predicted octanol–water partition coefficient (Wildman–Crippen LogP) is 3.60. The first kappa shape index (κ1) is 13.4. The van der Waals surface area contributed by atoms with Crippen molar-refractivity contribution in [2.24, 2.45) is 0 Å². The lowest BCUT2D eigenvalue weighted by molar-refractivity contribution is 0.257. The second kappa shape index (κ2) is 5.44. The van der Waals surface area contributed by atoms with E-state index in [0.717, 1.165) is 11.4 Å². The molecule has 0 aromatic heterocycles. The Hall–Kier alpha value is -2.56. The van der Waals surface area contributed by atoms with Crippen molar-refractivity contribution in [2.75, 3.05) is 28.6 Å². The van der Waals surface area contributed by atoms with Crippen LogP contribution in [0.15, 0.2) is 42.5 Å². The molecule has 0 atom stereocenters. The molecule has 2 aromatic rings. The summed E-state index contributed by atoms with van der Waals surface area (Å²) in [5, 5.41) is 6.07. The molecule has 0 aliphatic carbocycles. The molecule has 0 saturated carbocycles. The van der Waals surface area contributed by atoms with E-state index in [1.54, 1.807) is 24.0 Å². The quantitative estimate of drug-likeness (QED) is 0.841. The Kier molecular flexibility index (Phi) is 3.48. The summed E-state index contributed by atoms with van der Waals surface area (Å²) in [5.74, 6) is -0.277. The molecule has 3 rings (SSSR count). The van der Waals surface area contributed by atoms with E-state index in [2.05, 4.69) is 10.6 Å². The number of benzene rings is 2. The Labute approximate surface area is 122 Å². The zero-order valence-corrected chi connectivity index (χ0v) is 11.7. The van der Waals surface area contributed by atoms with Crippen molar-refractivity contribution in [1.82, 2.24) is 0 Å². The molecule has 1 heterocycles. The molecule has 0 saturated heterocycles. The number of nitrogens with one attached hydrogen (secondary N) is 2. The van der Waals surface area contributed by atoms with Crippen LogP contribution in [0.2, 0.25) is 0 Å². The normalized spacial score (nSPS) is 13.3. The standard InChI is InChI=1S/C16H16FN3O/c1-11-10-12(6-7-13(11)17)19-16(21)20-9-8-18-14-4-2-3-5-15(14)20/h2-7,10,18H,8-9H2,1H3,(H,19,21). The first-order chi connectivity index (χ1) is 10.1. The zero-order valence-electron chi connectivity index (χ0n) is 11.7. The topological polar surface area (TPSA) is 44.4 Å². The number of nitrogens with zero attached hydrogens (tertiary/aromatic N) is 1. The van der Waals surface area contributed by atoms with Crippen LogP contribution in [-0.2, 0) is 0 Å². The van der Waals surface area contributed by atoms with Crippen molar-refractivity contribution in [3.8, 4) is 0 Å². The molecule has 0 bridgehead atoms. The van der Waals surface area contributed by atoms with E-state index in [9.17, 15) is 9.18 Å². The van der Waals surface area contributed by atoms with Crippen molar-refractivity contribution in [1.29, 1.82) is 0 Å². The van der Waals surface area contributed by atoms with Gasteiger partial charge in [0, 0.05) is 18.8 Å². The zero-order chi connectivity index (χ0) is 14.8. The molecule has 0 fully saturated rings. The SMILES string of the molecule is Cc1cc(NC(=O)N2CCNc3ccccc32)ccc1F. The minimum atomic E-state index is -0.277. The maximum absolute atomic E-state index is 13.3. The highest BCUT2D eigenvalue weighted by molar-refractivity contribution is 6.04. The smallest absolute Gasteiger partial charge is 0.326 e. The van der Waals surface area contributed by atoms with Crippen LogP contribution in [-0.4, -0.2) is 19.1 Å². The lowest BCUT2D eigenvalue weighted by atomic mass is 10.2. The van der Waals surface area contributed by atoms with Gasteiger partial charge in [0.15, 0.2) is 0 Å². The van der Waals surface area contributed by atoms with Crippen molar-refractivity contribution in [3.63, 3.8) is 0 Å². The highest BCUT2D eigenvalue weighted by atomic mass is 19.1. The van der Waals surface area contributed by atoms with E-state index in [0.29, 0.717) is 24.3 Å². The number of hydrogen-bond donors (Lipinski definition) is 2. The molecule has 5 heteroatoms. The Balaban J connectivity index is 1.81. The maximum Gasteiger partial charge on any atom is 0.326 e. The van der Waals surface area contributed by atoms with Crippen molar-refractivity contribution >= 4 is 23.1 Å². The number of carbonyl (C=O) groups excluding carboxylic acids is 1. The molecule has 0 radical (unpaired) electrons. The number of hydrogen-bond acceptors (Lipinski definition) is 2. The minimum absolute atomic E-state index is 0.213. The molecule has 2 aromatic carbocycles. The number of amides is 2. The predicted molar refractivity (Wildman–Crippen MR) is 82.4 cm³/mol. The monoisotopic (exact) mass is 285 g/mol. The van der Waals surface area contributed by atoms with Crippen LogP contribution in [0, 0.1) is 12.7 Å². The Morgan fingerprint density at radius 2 is 2.10 bits per heavy atom. The van der Waals surface area contributed by atoms with Gasteiger partial charge in [-0.2, -0.15) is 0 Å². The van der Waals surface area contributed by atoms with E-state index in [4.69, 9.17) is 0 Å². The van der Waals surface area contributed by atoms with Crippen molar-refractivity contribution in [2.45, 2.75) is 6.92 Å². The number of halogens is 1. The van der Waals surface area contributed by atoms with Gasteiger partial charge in [0.05, 0.1) is 11.4 Å². The third-order valence-electron chi connectivity index (χ3n) is 3.50. The second-order valence-electron chi connectivity index (χ2n) is 4.99. The molecule has 0 unspecified atom stereocenters. The van der Waals surface area contributed by atoms with Gasteiger partial charge in [-0.25, -0.2) is 9.18 Å². The van der Waals surface area contributed by atoms with E-state index >= 15 is 0 Å². The van der Waals surface area contributed by atoms with Gasteiger partial charge in [-0.15, -0.1) is 0 Å². The summed E-state index contributed by atoms with van der Waals surface area (Å²) in [5.41, 5.74) is 2.89. The minimum Gasteiger partial charge on any atom is -0.382 e. The van der Waals surface area contributed by atoms with Gasteiger partial charge in [0.25, 0.3) is 0 Å². The largest absolute Gasteiger partial charge is 0.382 e. The lowest BCUT2D eigenvalue weighted by Gasteiger charge is -2.30. The summed E-state index contributed by atoms with van der Waals surface area (Å²) in [6.45, 7) is 2.96. The molecule has 1 aliphatic rings. The first-order valence-corrected chi connectivity index (χ1v) is 6.83. The first-order valence-electron chi connectivity index (χ1n) is 6.83. The summed E-state index contributed by atoms with van der Waals surface area (Å²) < 4.78 is 13.3. The van der Waals surface area contributed by atoms with Gasteiger partial charge in [-0.3, -0.25) is 4.90 Å². The molecule has 1 aliphatic heterocycles. The fraction of sp³-hybridized carbons (Fsp3) is 0.188. The second-order valence-corrected chi connectivity index (χ2v) is 4.99. The van der Waals surface area contributed by atoms with Gasteiger partial charge in [0.2, 0.25) is 0 Å². The van der Waals surface area contributed by atoms with E-state index in [-0.39, 0.29) is 11.8 Å². The molecular formula is C16H16FN3O. The summed E-state index contributed by atoms with van der Waals surface area (Å²) in [4.78, 5) is 14.1. The molecule has 2 amide bonds. The van der Waals surface area contributed by atoms with Crippen LogP contribution in [0.1, 0.15) is 5.56 Å². The molecule has 4 nitrogen and oxygen atoms in total. The number of urea groups is 1.